The maximum absolute atomic E-state index is 4.13. The second kappa shape index (κ2) is 6.01. The van der Waals surface area contributed by atoms with E-state index in [1.165, 1.54) is 17.6 Å². The van der Waals surface area contributed by atoms with Crippen LogP contribution in [-0.2, 0) is 0 Å². The highest BCUT2D eigenvalue weighted by Crippen LogP contribution is 2.20. The van der Waals surface area contributed by atoms with Crippen LogP contribution in [0.1, 0.15) is 47.5 Å². The normalized spacial score (nSPS) is 14.8. The van der Waals surface area contributed by atoms with E-state index >= 15 is 0 Å². The van der Waals surface area contributed by atoms with Gasteiger partial charge in [-0.1, -0.05) is 51.5 Å². The minimum absolute atomic E-state index is 0.657. The van der Waals surface area contributed by atoms with Crippen LogP contribution >= 0.6 is 0 Å². The largest absolute Gasteiger partial charge is 0.0993 e. The summed E-state index contributed by atoms with van der Waals surface area (Å²) < 4.78 is 0. The van der Waals surface area contributed by atoms with E-state index in [0.717, 1.165) is 6.42 Å². The maximum atomic E-state index is 4.13. The van der Waals surface area contributed by atoms with Crippen LogP contribution in [0.15, 0.2) is 23.8 Å². The van der Waals surface area contributed by atoms with Gasteiger partial charge in [0.05, 0.1) is 0 Å². The monoisotopic (exact) mass is 180 g/mol. The lowest BCUT2D eigenvalue weighted by Crippen LogP contribution is -1.97. The van der Waals surface area contributed by atoms with E-state index < -0.39 is 0 Å². The van der Waals surface area contributed by atoms with Gasteiger partial charge in [0, 0.05) is 0 Å². The minimum atomic E-state index is 0.657. The van der Waals surface area contributed by atoms with Crippen molar-refractivity contribution in [3.63, 3.8) is 0 Å². The molecule has 0 aliphatic rings. The predicted molar refractivity (Wildman–Crippen MR) is 61.8 cm³/mol. The number of rotatable bonds is 5. The molecule has 0 spiro atoms. The number of allylic oxidation sites excluding steroid dienone is 3. The van der Waals surface area contributed by atoms with Gasteiger partial charge in [0.15, 0.2) is 0 Å². The fourth-order valence-corrected chi connectivity index (χ4v) is 1.45. The van der Waals surface area contributed by atoms with Gasteiger partial charge in [0.1, 0.15) is 0 Å². The third kappa shape index (κ3) is 5.68. The first kappa shape index (κ1) is 12.5. The quantitative estimate of drug-likeness (QED) is 0.543. The Balaban J connectivity index is 4.06. The van der Waals surface area contributed by atoms with E-state index in [1.54, 1.807) is 0 Å². The predicted octanol–water partition coefficient (Wildman–Crippen LogP) is 4.58. The second-order valence-electron chi connectivity index (χ2n) is 4.40. The van der Waals surface area contributed by atoms with E-state index in [0.29, 0.717) is 11.8 Å². The highest BCUT2D eigenvalue weighted by molar-refractivity contribution is 5.13. The first-order valence-corrected chi connectivity index (χ1v) is 5.32. The van der Waals surface area contributed by atoms with Crippen molar-refractivity contribution in [3.05, 3.63) is 23.8 Å². The van der Waals surface area contributed by atoms with Crippen molar-refractivity contribution in [2.45, 2.75) is 47.5 Å². The Morgan fingerprint density at radius 2 is 1.85 bits per heavy atom. The molecule has 0 heteroatoms. The Labute approximate surface area is 83.7 Å². The van der Waals surface area contributed by atoms with Gasteiger partial charge in [0.25, 0.3) is 0 Å². The second-order valence-corrected chi connectivity index (χ2v) is 4.40. The highest BCUT2D eigenvalue weighted by atomic mass is 14.1. The van der Waals surface area contributed by atoms with Crippen LogP contribution in [-0.4, -0.2) is 0 Å². The molecule has 0 aromatic carbocycles. The fourth-order valence-electron chi connectivity index (χ4n) is 1.45. The third-order valence-corrected chi connectivity index (χ3v) is 2.43. The zero-order valence-corrected chi connectivity index (χ0v) is 9.85. The van der Waals surface area contributed by atoms with Crippen LogP contribution in [0.4, 0.5) is 0 Å². The standard InChI is InChI=1S/C13H24/c1-7-12(5)13(6)9-11(4)8-10(2)3/h8,10,12H,6-7,9H2,1-5H3. The van der Waals surface area contributed by atoms with E-state index in [2.05, 4.69) is 47.3 Å². The summed E-state index contributed by atoms with van der Waals surface area (Å²) in [6.45, 7) is 15.2. The van der Waals surface area contributed by atoms with Crippen molar-refractivity contribution in [2.75, 3.05) is 0 Å². The maximum Gasteiger partial charge on any atom is -0.0111 e. The highest BCUT2D eigenvalue weighted by Gasteiger charge is 2.04. The van der Waals surface area contributed by atoms with Gasteiger partial charge < -0.3 is 0 Å². The lowest BCUT2D eigenvalue weighted by molar-refractivity contribution is 0.638. The molecule has 0 aromatic rings. The van der Waals surface area contributed by atoms with Gasteiger partial charge >= 0.3 is 0 Å². The van der Waals surface area contributed by atoms with Crippen molar-refractivity contribution in [2.24, 2.45) is 11.8 Å². The molecule has 0 aliphatic carbocycles. The molecular formula is C13H24. The van der Waals surface area contributed by atoms with E-state index in [4.69, 9.17) is 0 Å². The molecule has 0 heterocycles. The van der Waals surface area contributed by atoms with E-state index in [9.17, 15) is 0 Å². The molecule has 1 unspecified atom stereocenters. The molecule has 0 N–H and O–H groups in total. The summed E-state index contributed by atoms with van der Waals surface area (Å²) in [6.07, 6.45) is 4.61. The van der Waals surface area contributed by atoms with Gasteiger partial charge in [-0.25, -0.2) is 0 Å². The molecule has 0 aromatic heterocycles. The van der Waals surface area contributed by atoms with Crippen LogP contribution in [0.5, 0.6) is 0 Å². The Hall–Kier alpha value is -0.520. The summed E-state index contributed by atoms with van der Waals surface area (Å²) in [5, 5.41) is 0. The molecule has 0 bridgehead atoms. The van der Waals surface area contributed by atoms with Crippen molar-refractivity contribution in [3.8, 4) is 0 Å². The van der Waals surface area contributed by atoms with Crippen molar-refractivity contribution in [1.29, 1.82) is 0 Å². The summed E-state index contributed by atoms with van der Waals surface area (Å²) in [5.74, 6) is 1.32. The smallest absolute Gasteiger partial charge is 0.0111 e. The molecule has 1 atom stereocenters. The lowest BCUT2D eigenvalue weighted by atomic mass is 9.93. The average Bonchev–Trinajstić information content (AvgIpc) is 2.01. The van der Waals surface area contributed by atoms with Crippen LogP contribution < -0.4 is 0 Å². The number of hydrogen-bond donors (Lipinski definition) is 0. The van der Waals surface area contributed by atoms with Crippen LogP contribution in [0.25, 0.3) is 0 Å². The Morgan fingerprint density at radius 1 is 1.31 bits per heavy atom. The summed E-state index contributed by atoms with van der Waals surface area (Å²) in [5.41, 5.74) is 2.83. The van der Waals surface area contributed by atoms with Gasteiger partial charge in [-0.3, -0.25) is 0 Å². The number of hydrogen-bond acceptors (Lipinski definition) is 0. The zero-order valence-electron chi connectivity index (χ0n) is 9.85. The van der Waals surface area contributed by atoms with Crippen molar-refractivity contribution in [1.82, 2.24) is 0 Å². The Kier molecular flexibility index (Phi) is 5.77. The van der Waals surface area contributed by atoms with Gasteiger partial charge in [-0.05, 0) is 31.6 Å². The van der Waals surface area contributed by atoms with E-state index in [1.807, 2.05) is 0 Å². The van der Waals surface area contributed by atoms with Crippen molar-refractivity contribution >= 4 is 0 Å². The molecule has 0 amide bonds. The van der Waals surface area contributed by atoms with Gasteiger partial charge in [-0.2, -0.15) is 0 Å². The summed E-state index contributed by atoms with van der Waals surface area (Å²) in [7, 11) is 0. The van der Waals surface area contributed by atoms with Crippen molar-refractivity contribution < 1.29 is 0 Å². The van der Waals surface area contributed by atoms with Gasteiger partial charge in [0.2, 0.25) is 0 Å². The van der Waals surface area contributed by atoms with E-state index in [-0.39, 0.29) is 0 Å². The average molecular weight is 180 g/mol. The molecular weight excluding hydrogens is 156 g/mol. The molecule has 13 heavy (non-hydrogen) atoms. The summed E-state index contributed by atoms with van der Waals surface area (Å²) >= 11 is 0. The third-order valence-electron chi connectivity index (χ3n) is 2.43. The minimum Gasteiger partial charge on any atom is -0.0993 e. The molecule has 0 rings (SSSR count). The molecule has 0 fully saturated rings. The van der Waals surface area contributed by atoms with Crippen LogP contribution in [0, 0.1) is 11.8 Å². The first-order valence-electron chi connectivity index (χ1n) is 5.32. The molecule has 76 valence electrons. The summed E-state index contributed by atoms with van der Waals surface area (Å²) in [6, 6.07) is 0. The molecule has 0 aliphatic heterocycles. The lowest BCUT2D eigenvalue weighted by Gasteiger charge is -2.13. The van der Waals surface area contributed by atoms with Crippen LogP contribution in [0.3, 0.4) is 0 Å². The molecule has 0 nitrogen and oxygen atoms in total. The molecule has 0 saturated heterocycles. The Bertz CT molecular complexity index is 184. The summed E-state index contributed by atoms with van der Waals surface area (Å²) in [4.78, 5) is 0. The van der Waals surface area contributed by atoms with Crippen LogP contribution in [0.2, 0.25) is 0 Å². The fraction of sp³-hybridized carbons (Fsp3) is 0.692. The zero-order chi connectivity index (χ0) is 10.4. The molecule has 0 radical (unpaired) electrons. The first-order chi connectivity index (χ1) is 5.97. The van der Waals surface area contributed by atoms with Gasteiger partial charge in [-0.15, -0.1) is 0 Å². The SMILES string of the molecule is C=C(CC(C)=CC(C)C)C(C)CC. The molecule has 0 saturated carbocycles. The Morgan fingerprint density at radius 3 is 2.23 bits per heavy atom. The topological polar surface area (TPSA) is 0 Å².